The van der Waals surface area contributed by atoms with Crippen LogP contribution in [0.5, 0.6) is 0 Å². The maximum atomic E-state index is 12.1. The molecule has 1 aliphatic rings. The van der Waals surface area contributed by atoms with Crippen molar-refractivity contribution < 1.29 is 9.59 Å². The van der Waals surface area contributed by atoms with Gasteiger partial charge in [0.1, 0.15) is 0 Å². The Hall–Kier alpha value is -1.14. The molecule has 2 amide bonds. The first-order chi connectivity index (χ1) is 9.75. The molecule has 0 spiro atoms. The monoisotopic (exact) mass is 347 g/mol. The van der Waals surface area contributed by atoms with Gasteiger partial charge in [-0.25, -0.2) is 0 Å². The fraction of sp³-hybridized carbons (Fsp3) is 0.467. The molecule has 5 nitrogen and oxygen atoms in total. The van der Waals surface area contributed by atoms with Crippen LogP contribution in [-0.4, -0.2) is 42.9 Å². The van der Waals surface area contributed by atoms with Crippen molar-refractivity contribution in [2.75, 3.05) is 26.2 Å². The normalized spacial score (nSPS) is 12.7. The number of unbranched alkanes of at least 4 members (excludes halogenated alkanes) is 1. The highest BCUT2D eigenvalue weighted by atomic mass is 35.5. The van der Waals surface area contributed by atoms with Gasteiger partial charge >= 0.3 is 0 Å². The van der Waals surface area contributed by atoms with Crippen molar-refractivity contribution in [1.82, 2.24) is 10.2 Å². The number of rotatable bonds is 8. The minimum absolute atomic E-state index is 0. The number of amides is 2. The quantitative estimate of drug-likeness (QED) is 0.555. The Morgan fingerprint density at radius 3 is 2.00 bits per heavy atom. The molecule has 0 saturated heterocycles. The van der Waals surface area contributed by atoms with Gasteiger partial charge in [0, 0.05) is 6.54 Å². The van der Waals surface area contributed by atoms with E-state index in [1.807, 2.05) is 0 Å². The molecule has 0 bridgehead atoms. The lowest BCUT2D eigenvalue weighted by Gasteiger charge is -2.13. The van der Waals surface area contributed by atoms with Crippen LogP contribution < -0.4 is 11.1 Å². The number of hydrogen-bond acceptors (Lipinski definition) is 4. The third-order valence-electron chi connectivity index (χ3n) is 3.42. The molecule has 7 heteroatoms. The number of benzene rings is 1. The molecule has 0 saturated carbocycles. The summed E-state index contributed by atoms with van der Waals surface area (Å²) in [5.74, 6) is -0.330. The zero-order chi connectivity index (χ0) is 14.4. The van der Waals surface area contributed by atoms with Gasteiger partial charge in [-0.1, -0.05) is 12.1 Å². The third kappa shape index (κ3) is 4.95. The first kappa shape index (κ1) is 20.9. The summed E-state index contributed by atoms with van der Waals surface area (Å²) in [5.41, 5.74) is 6.46. The van der Waals surface area contributed by atoms with Gasteiger partial charge in [0.2, 0.25) is 0 Å². The van der Waals surface area contributed by atoms with Crippen LogP contribution in [0.1, 0.15) is 40.0 Å². The van der Waals surface area contributed by atoms with Crippen molar-refractivity contribution in [3.8, 4) is 0 Å². The number of carbonyl (C=O) groups is 2. The van der Waals surface area contributed by atoms with Crippen molar-refractivity contribution in [2.24, 2.45) is 5.73 Å². The lowest BCUT2D eigenvalue weighted by atomic mass is 10.1. The van der Waals surface area contributed by atoms with Gasteiger partial charge in [0.15, 0.2) is 0 Å². The zero-order valence-electron chi connectivity index (χ0n) is 12.4. The predicted molar refractivity (Wildman–Crippen MR) is 92.1 cm³/mol. The van der Waals surface area contributed by atoms with Crippen LogP contribution in [0.3, 0.4) is 0 Å². The molecule has 0 radical (unpaired) electrons. The highest BCUT2D eigenvalue weighted by molar-refractivity contribution is 6.21. The molecule has 1 aromatic rings. The summed E-state index contributed by atoms with van der Waals surface area (Å²) in [6.07, 6.45) is 2.73. The third-order valence-corrected chi connectivity index (χ3v) is 3.42. The van der Waals surface area contributed by atoms with Crippen LogP contribution in [0.2, 0.25) is 0 Å². The summed E-state index contributed by atoms with van der Waals surface area (Å²) < 4.78 is 0. The SMILES string of the molecule is Cl.Cl.NCCCNCCCCN1C(=O)c2ccccc2C1=O. The number of fused-ring (bicyclic) bond motifs is 1. The number of nitrogens with zero attached hydrogens (tertiary/aromatic N) is 1. The average molecular weight is 348 g/mol. The van der Waals surface area contributed by atoms with E-state index in [-0.39, 0.29) is 36.6 Å². The molecule has 1 aliphatic heterocycles. The highest BCUT2D eigenvalue weighted by Crippen LogP contribution is 2.22. The Balaban J connectivity index is 0.00000220. The summed E-state index contributed by atoms with van der Waals surface area (Å²) in [6.45, 7) is 3.00. The maximum Gasteiger partial charge on any atom is 0.261 e. The van der Waals surface area contributed by atoms with Crippen LogP contribution >= 0.6 is 24.8 Å². The van der Waals surface area contributed by atoms with Crippen molar-refractivity contribution in [2.45, 2.75) is 19.3 Å². The van der Waals surface area contributed by atoms with Crippen molar-refractivity contribution >= 4 is 36.6 Å². The molecule has 0 unspecified atom stereocenters. The van der Waals surface area contributed by atoms with Gasteiger partial charge in [-0.3, -0.25) is 14.5 Å². The Bertz CT molecular complexity index is 462. The van der Waals surface area contributed by atoms with Gasteiger partial charge in [-0.15, -0.1) is 24.8 Å². The minimum Gasteiger partial charge on any atom is -0.330 e. The largest absolute Gasteiger partial charge is 0.330 e. The van der Waals surface area contributed by atoms with Gasteiger partial charge < -0.3 is 11.1 Å². The second kappa shape index (κ2) is 10.6. The molecule has 0 aromatic heterocycles. The van der Waals surface area contributed by atoms with Crippen molar-refractivity contribution in [3.63, 3.8) is 0 Å². The first-order valence-corrected chi connectivity index (χ1v) is 7.11. The van der Waals surface area contributed by atoms with E-state index in [1.54, 1.807) is 24.3 Å². The van der Waals surface area contributed by atoms with Crippen LogP contribution in [-0.2, 0) is 0 Å². The molecular formula is C15H23Cl2N3O2. The number of imide groups is 1. The first-order valence-electron chi connectivity index (χ1n) is 7.11. The number of nitrogens with two attached hydrogens (primary N) is 1. The van der Waals surface area contributed by atoms with E-state index in [0.717, 1.165) is 32.4 Å². The molecule has 1 heterocycles. The van der Waals surface area contributed by atoms with E-state index >= 15 is 0 Å². The molecule has 3 N–H and O–H groups in total. The maximum absolute atomic E-state index is 12.1. The number of carbonyl (C=O) groups excluding carboxylic acids is 2. The fourth-order valence-corrected chi connectivity index (χ4v) is 2.31. The summed E-state index contributed by atoms with van der Waals surface area (Å²) in [4.78, 5) is 25.5. The van der Waals surface area contributed by atoms with Gasteiger partial charge in [-0.05, 0) is 51.0 Å². The average Bonchev–Trinajstić information content (AvgIpc) is 2.71. The lowest BCUT2D eigenvalue weighted by molar-refractivity contribution is 0.0651. The summed E-state index contributed by atoms with van der Waals surface area (Å²) >= 11 is 0. The van der Waals surface area contributed by atoms with E-state index in [2.05, 4.69) is 5.32 Å². The topological polar surface area (TPSA) is 75.4 Å². The summed E-state index contributed by atoms with van der Waals surface area (Å²) in [5, 5.41) is 3.28. The highest BCUT2D eigenvalue weighted by Gasteiger charge is 2.34. The van der Waals surface area contributed by atoms with Crippen LogP contribution in [0.4, 0.5) is 0 Å². The number of halogens is 2. The molecular weight excluding hydrogens is 325 g/mol. The summed E-state index contributed by atoms with van der Waals surface area (Å²) in [7, 11) is 0. The Morgan fingerprint density at radius 1 is 0.909 bits per heavy atom. The zero-order valence-corrected chi connectivity index (χ0v) is 14.0. The summed E-state index contributed by atoms with van der Waals surface area (Å²) in [6, 6.07) is 7.00. The van der Waals surface area contributed by atoms with E-state index in [4.69, 9.17) is 5.73 Å². The molecule has 22 heavy (non-hydrogen) atoms. The van der Waals surface area contributed by atoms with Crippen LogP contribution in [0.15, 0.2) is 24.3 Å². The Labute approximate surface area is 143 Å². The predicted octanol–water partition coefficient (Wildman–Crippen LogP) is 1.84. The molecule has 1 aromatic carbocycles. The number of hydrogen-bond donors (Lipinski definition) is 2. The molecule has 0 fully saturated rings. The van der Waals surface area contributed by atoms with Crippen LogP contribution in [0, 0.1) is 0 Å². The van der Waals surface area contributed by atoms with E-state index < -0.39 is 0 Å². The van der Waals surface area contributed by atoms with Crippen molar-refractivity contribution in [1.29, 1.82) is 0 Å². The van der Waals surface area contributed by atoms with Gasteiger partial charge in [0.25, 0.3) is 11.8 Å². The smallest absolute Gasteiger partial charge is 0.261 e. The van der Waals surface area contributed by atoms with E-state index in [0.29, 0.717) is 24.2 Å². The van der Waals surface area contributed by atoms with Gasteiger partial charge in [-0.2, -0.15) is 0 Å². The molecule has 0 aliphatic carbocycles. The standard InChI is InChI=1S/C15H21N3O2.2ClH/c16-8-5-10-17-9-3-4-11-18-14(19)12-6-1-2-7-13(12)15(18)20;;/h1-2,6-7,17H,3-5,8-11,16H2;2*1H. The van der Waals surface area contributed by atoms with E-state index in [9.17, 15) is 9.59 Å². The number of nitrogens with one attached hydrogen (secondary N) is 1. The molecule has 124 valence electrons. The lowest BCUT2D eigenvalue weighted by Crippen LogP contribution is -2.31. The second-order valence-corrected chi connectivity index (χ2v) is 4.91. The fourth-order valence-electron chi connectivity index (χ4n) is 2.31. The van der Waals surface area contributed by atoms with Gasteiger partial charge in [0.05, 0.1) is 11.1 Å². The van der Waals surface area contributed by atoms with Crippen molar-refractivity contribution in [3.05, 3.63) is 35.4 Å². The van der Waals surface area contributed by atoms with E-state index in [1.165, 1.54) is 4.90 Å². The van der Waals surface area contributed by atoms with Crippen LogP contribution in [0.25, 0.3) is 0 Å². The Morgan fingerprint density at radius 2 is 1.45 bits per heavy atom. The Kier molecular flexibility index (Phi) is 10.0. The minimum atomic E-state index is -0.165. The molecule has 2 rings (SSSR count). The second-order valence-electron chi connectivity index (χ2n) is 4.91. The molecule has 0 atom stereocenters.